The third-order valence-corrected chi connectivity index (χ3v) is 3.76. The molecule has 1 aromatic rings. The molecule has 6 nitrogen and oxygen atoms in total. The van der Waals surface area contributed by atoms with Crippen molar-refractivity contribution in [2.75, 3.05) is 51.0 Å². The van der Waals surface area contributed by atoms with Crippen LogP contribution in [0, 0.1) is 0 Å². The Morgan fingerprint density at radius 1 is 1.27 bits per heavy atom. The van der Waals surface area contributed by atoms with E-state index in [0.29, 0.717) is 19.9 Å². The molecular weight excluding hydrogens is 306 g/mol. The predicted octanol–water partition coefficient (Wildman–Crippen LogP) is 1.31. The highest BCUT2D eigenvalue weighted by molar-refractivity contribution is 5.92. The zero-order valence-electron chi connectivity index (χ0n) is 12.4. The lowest BCUT2D eigenvalue weighted by atomic mass is 10.2. The largest absolute Gasteiger partial charge is 0.353 e. The van der Waals surface area contributed by atoms with E-state index in [1.54, 1.807) is 4.90 Å². The summed E-state index contributed by atoms with van der Waals surface area (Å²) in [6.45, 7) is 4.54. The molecule has 2 aliphatic heterocycles. The first kappa shape index (κ1) is 17.0. The second-order valence-electron chi connectivity index (χ2n) is 5.24. The summed E-state index contributed by atoms with van der Waals surface area (Å²) in [6.07, 6.45) is -0.0583. The summed E-state index contributed by atoms with van der Waals surface area (Å²) in [5.74, 6) is 0. The smallest absolute Gasteiger partial charge is 0.324 e. The first-order valence-electron chi connectivity index (χ1n) is 7.36. The molecule has 7 heteroatoms. The summed E-state index contributed by atoms with van der Waals surface area (Å²) in [5, 5.41) is 3.26. The molecule has 1 aromatic carbocycles. The average Bonchev–Trinajstić information content (AvgIpc) is 3.07. The number of rotatable bonds is 3. The summed E-state index contributed by atoms with van der Waals surface area (Å²) < 4.78 is 10.7. The predicted molar refractivity (Wildman–Crippen MR) is 86.6 cm³/mol. The summed E-state index contributed by atoms with van der Waals surface area (Å²) in [5.41, 5.74) is 0.900. The van der Waals surface area contributed by atoms with Gasteiger partial charge in [0.15, 0.2) is 0 Å². The van der Waals surface area contributed by atoms with Crippen LogP contribution >= 0.6 is 12.4 Å². The molecule has 1 N–H and O–H groups in total. The maximum atomic E-state index is 12.8. The van der Waals surface area contributed by atoms with Crippen LogP contribution in [0.4, 0.5) is 10.5 Å². The fraction of sp³-hybridized carbons (Fsp3) is 0.533. The number of piperazine rings is 1. The van der Waals surface area contributed by atoms with Gasteiger partial charge in [-0.3, -0.25) is 4.90 Å². The van der Waals surface area contributed by atoms with Gasteiger partial charge in [0.1, 0.15) is 12.9 Å². The Morgan fingerprint density at radius 3 is 2.64 bits per heavy atom. The fourth-order valence-electron chi connectivity index (χ4n) is 2.61. The maximum Gasteiger partial charge on any atom is 0.324 e. The number of anilines is 1. The van der Waals surface area contributed by atoms with E-state index in [9.17, 15) is 4.79 Å². The van der Waals surface area contributed by atoms with Gasteiger partial charge in [-0.25, -0.2) is 4.79 Å². The van der Waals surface area contributed by atoms with E-state index in [1.165, 1.54) is 0 Å². The van der Waals surface area contributed by atoms with E-state index in [4.69, 9.17) is 9.47 Å². The number of ether oxygens (including phenoxy) is 2. The van der Waals surface area contributed by atoms with E-state index in [-0.39, 0.29) is 24.5 Å². The minimum absolute atomic E-state index is 0. The van der Waals surface area contributed by atoms with Crippen molar-refractivity contribution in [1.29, 1.82) is 0 Å². The molecule has 0 saturated carbocycles. The molecule has 0 aromatic heterocycles. The van der Waals surface area contributed by atoms with Crippen molar-refractivity contribution < 1.29 is 14.3 Å². The third kappa shape index (κ3) is 4.10. The Bertz CT molecular complexity index is 462. The minimum Gasteiger partial charge on any atom is -0.353 e. The van der Waals surface area contributed by atoms with Crippen molar-refractivity contribution in [2.24, 2.45) is 0 Å². The van der Waals surface area contributed by atoms with Crippen molar-refractivity contribution >= 4 is 24.1 Å². The number of nitrogens with one attached hydrogen (secondary N) is 1. The zero-order valence-corrected chi connectivity index (χ0v) is 13.3. The van der Waals surface area contributed by atoms with Gasteiger partial charge in [-0.15, -0.1) is 12.4 Å². The van der Waals surface area contributed by atoms with Gasteiger partial charge in [0.05, 0.1) is 13.2 Å². The molecule has 0 radical (unpaired) electrons. The summed E-state index contributed by atoms with van der Waals surface area (Å²) in [6, 6.07) is 9.79. The summed E-state index contributed by atoms with van der Waals surface area (Å²) in [7, 11) is 0. The number of hydrogen-bond donors (Lipinski definition) is 1. The van der Waals surface area contributed by atoms with E-state index in [2.05, 4.69) is 5.32 Å². The highest BCUT2D eigenvalue weighted by atomic mass is 35.5. The molecule has 2 amide bonds. The molecule has 1 unspecified atom stereocenters. The summed E-state index contributed by atoms with van der Waals surface area (Å²) in [4.78, 5) is 16.5. The van der Waals surface area contributed by atoms with Crippen LogP contribution in [0.1, 0.15) is 0 Å². The fourth-order valence-corrected chi connectivity index (χ4v) is 2.61. The van der Waals surface area contributed by atoms with E-state index >= 15 is 0 Å². The Kier molecular flexibility index (Phi) is 6.45. The van der Waals surface area contributed by atoms with E-state index in [0.717, 1.165) is 31.9 Å². The monoisotopic (exact) mass is 327 g/mol. The molecule has 3 rings (SSSR count). The van der Waals surface area contributed by atoms with Crippen molar-refractivity contribution in [3.05, 3.63) is 30.3 Å². The highest BCUT2D eigenvalue weighted by Crippen LogP contribution is 2.18. The lowest BCUT2D eigenvalue weighted by Crippen LogP contribution is -2.53. The molecule has 2 aliphatic rings. The minimum atomic E-state index is -0.0583. The van der Waals surface area contributed by atoms with Gasteiger partial charge in [0, 0.05) is 31.9 Å². The number of halogens is 1. The van der Waals surface area contributed by atoms with Gasteiger partial charge in [-0.2, -0.15) is 0 Å². The highest BCUT2D eigenvalue weighted by Gasteiger charge is 2.28. The lowest BCUT2D eigenvalue weighted by molar-refractivity contribution is 0.0486. The van der Waals surface area contributed by atoms with Crippen LogP contribution < -0.4 is 10.2 Å². The first-order chi connectivity index (χ1) is 10.3. The van der Waals surface area contributed by atoms with E-state index < -0.39 is 0 Å². The van der Waals surface area contributed by atoms with Gasteiger partial charge in [0.2, 0.25) is 0 Å². The summed E-state index contributed by atoms with van der Waals surface area (Å²) >= 11 is 0. The van der Waals surface area contributed by atoms with Crippen molar-refractivity contribution in [2.45, 2.75) is 6.10 Å². The van der Waals surface area contributed by atoms with Crippen LogP contribution in [-0.2, 0) is 9.47 Å². The Labute approximate surface area is 136 Å². The molecule has 2 saturated heterocycles. The molecular formula is C15H22ClN3O3. The van der Waals surface area contributed by atoms with Gasteiger partial charge < -0.3 is 19.7 Å². The van der Waals surface area contributed by atoms with Crippen LogP contribution in [0.5, 0.6) is 0 Å². The molecule has 0 bridgehead atoms. The van der Waals surface area contributed by atoms with Gasteiger partial charge in [-0.1, -0.05) is 18.2 Å². The number of nitrogens with zero attached hydrogens (tertiary/aromatic N) is 2. The zero-order chi connectivity index (χ0) is 14.5. The van der Waals surface area contributed by atoms with Crippen LogP contribution in [0.3, 0.4) is 0 Å². The van der Waals surface area contributed by atoms with Crippen molar-refractivity contribution in [1.82, 2.24) is 10.2 Å². The van der Waals surface area contributed by atoms with Crippen LogP contribution in [0.2, 0.25) is 0 Å². The normalized spacial score (nSPS) is 21.3. The topological polar surface area (TPSA) is 54.0 Å². The number of benzene rings is 1. The average molecular weight is 328 g/mol. The number of amides is 2. The lowest BCUT2D eigenvalue weighted by Gasteiger charge is -2.34. The SMILES string of the molecule is Cl.O=C(N1CCNCC1)N(CC1COCO1)c1ccccc1. The van der Waals surface area contributed by atoms with Crippen molar-refractivity contribution in [3.63, 3.8) is 0 Å². The van der Waals surface area contributed by atoms with Crippen LogP contribution in [0.25, 0.3) is 0 Å². The van der Waals surface area contributed by atoms with Crippen LogP contribution in [-0.4, -0.2) is 63.2 Å². The Morgan fingerprint density at radius 2 is 2.00 bits per heavy atom. The van der Waals surface area contributed by atoms with Gasteiger partial charge in [-0.05, 0) is 12.1 Å². The Hall–Kier alpha value is -1.34. The number of carbonyl (C=O) groups excluding carboxylic acids is 1. The molecule has 22 heavy (non-hydrogen) atoms. The third-order valence-electron chi connectivity index (χ3n) is 3.76. The second kappa shape index (κ2) is 8.33. The maximum absolute atomic E-state index is 12.8. The standard InChI is InChI=1S/C15H21N3O3.ClH/c19-15(17-8-6-16-7-9-17)18(10-14-11-20-12-21-14)13-4-2-1-3-5-13;/h1-5,14,16H,6-12H2;1H. The molecule has 2 heterocycles. The van der Waals surface area contributed by atoms with Gasteiger partial charge in [0.25, 0.3) is 0 Å². The molecule has 0 spiro atoms. The second-order valence-corrected chi connectivity index (χ2v) is 5.24. The number of urea groups is 1. The quantitative estimate of drug-likeness (QED) is 0.909. The first-order valence-corrected chi connectivity index (χ1v) is 7.36. The molecule has 0 aliphatic carbocycles. The molecule has 2 fully saturated rings. The number of carbonyl (C=O) groups is 1. The molecule has 1 atom stereocenters. The van der Waals surface area contributed by atoms with Crippen molar-refractivity contribution in [3.8, 4) is 0 Å². The Balaban J connectivity index is 0.00000176. The molecule has 122 valence electrons. The van der Waals surface area contributed by atoms with Crippen LogP contribution in [0.15, 0.2) is 30.3 Å². The van der Waals surface area contributed by atoms with Gasteiger partial charge >= 0.3 is 6.03 Å². The number of hydrogen-bond acceptors (Lipinski definition) is 4. The number of para-hydroxylation sites is 1. The van der Waals surface area contributed by atoms with E-state index in [1.807, 2.05) is 35.2 Å².